The van der Waals surface area contributed by atoms with Crippen LogP contribution >= 0.6 is 0 Å². The van der Waals surface area contributed by atoms with Gasteiger partial charge in [-0.1, -0.05) is 19.8 Å². The molecule has 0 bridgehead atoms. The molecule has 0 aliphatic heterocycles. The van der Waals surface area contributed by atoms with E-state index in [1.165, 1.54) is 6.42 Å². The summed E-state index contributed by atoms with van der Waals surface area (Å²) in [6, 6.07) is 1.86. The van der Waals surface area contributed by atoms with Crippen LogP contribution in [0.25, 0.3) is 0 Å². The molecular weight excluding hydrogens is 212 g/mol. The van der Waals surface area contributed by atoms with E-state index in [-0.39, 0.29) is 5.78 Å². The number of aromatic nitrogens is 1. The summed E-state index contributed by atoms with van der Waals surface area (Å²) in [5, 5.41) is 0. The Labute approximate surface area is 102 Å². The van der Waals surface area contributed by atoms with Gasteiger partial charge in [0.2, 0.25) is 0 Å². The van der Waals surface area contributed by atoms with Crippen LogP contribution in [0.15, 0.2) is 18.5 Å². The highest BCUT2D eigenvalue weighted by atomic mass is 16.1. The van der Waals surface area contributed by atoms with Crippen molar-refractivity contribution < 1.29 is 4.79 Å². The zero-order valence-electron chi connectivity index (χ0n) is 10.6. The second kappa shape index (κ2) is 4.57. The highest BCUT2D eigenvalue weighted by Gasteiger charge is 2.38. The van der Waals surface area contributed by atoms with Crippen LogP contribution in [0.1, 0.15) is 48.5 Å². The first-order valence-electron chi connectivity index (χ1n) is 6.27. The van der Waals surface area contributed by atoms with E-state index in [1.54, 1.807) is 12.4 Å². The number of nitrogens with two attached hydrogens (primary N) is 1. The molecule has 92 valence electrons. The molecule has 1 fully saturated rings. The molecule has 1 heterocycles. The number of pyridine rings is 1. The molecule has 0 spiro atoms. The average molecular weight is 232 g/mol. The first-order chi connectivity index (χ1) is 8.03. The fourth-order valence-electron chi connectivity index (χ4n) is 2.77. The average Bonchev–Trinajstić information content (AvgIpc) is 2.28. The molecule has 2 rings (SSSR count). The number of ketones is 1. The molecule has 1 aliphatic rings. The predicted molar refractivity (Wildman–Crippen MR) is 67.9 cm³/mol. The van der Waals surface area contributed by atoms with Gasteiger partial charge in [0, 0.05) is 18.0 Å². The maximum absolute atomic E-state index is 12.5. The number of Topliss-reactive ketones (excluding diaryl/α,β-unsaturated/α-hetero) is 1. The van der Waals surface area contributed by atoms with Crippen LogP contribution in [-0.4, -0.2) is 16.3 Å². The van der Waals surface area contributed by atoms with Gasteiger partial charge >= 0.3 is 0 Å². The Bertz CT molecular complexity index is 430. The normalized spacial score (nSPS) is 29.0. The van der Waals surface area contributed by atoms with Gasteiger partial charge < -0.3 is 5.73 Å². The Kier molecular flexibility index (Phi) is 3.29. The Hall–Kier alpha value is -1.22. The smallest absolute Gasteiger partial charge is 0.184 e. The van der Waals surface area contributed by atoms with Crippen LogP contribution in [0.4, 0.5) is 0 Å². The summed E-state index contributed by atoms with van der Waals surface area (Å²) < 4.78 is 0. The summed E-state index contributed by atoms with van der Waals surface area (Å²) in [6.07, 6.45) is 7.16. The monoisotopic (exact) mass is 232 g/mol. The highest BCUT2D eigenvalue weighted by molar-refractivity contribution is 6.04. The highest BCUT2D eigenvalue weighted by Crippen LogP contribution is 2.33. The number of carbonyl (C=O) groups is 1. The number of aryl methyl sites for hydroxylation is 1. The van der Waals surface area contributed by atoms with Gasteiger partial charge in [0.05, 0.1) is 5.54 Å². The quantitative estimate of drug-likeness (QED) is 0.797. The molecule has 1 aromatic rings. The second-order valence-corrected chi connectivity index (χ2v) is 5.38. The van der Waals surface area contributed by atoms with Gasteiger partial charge in [0.15, 0.2) is 5.78 Å². The summed E-state index contributed by atoms with van der Waals surface area (Å²) in [5.41, 5.74) is 7.29. The number of hydrogen-bond donors (Lipinski definition) is 1. The third kappa shape index (κ3) is 2.39. The van der Waals surface area contributed by atoms with Gasteiger partial charge in [-0.15, -0.1) is 0 Å². The maximum Gasteiger partial charge on any atom is 0.184 e. The topological polar surface area (TPSA) is 56.0 Å². The molecule has 1 aromatic heterocycles. The largest absolute Gasteiger partial charge is 0.319 e. The number of rotatable bonds is 2. The summed E-state index contributed by atoms with van der Waals surface area (Å²) in [7, 11) is 0. The molecular formula is C14H20N2O. The third-order valence-corrected chi connectivity index (χ3v) is 3.77. The standard InChI is InChI=1S/C14H20N2O/c1-10-4-3-6-14(15,8-10)13(17)12-9-16-7-5-11(12)2/h5,7,9-10H,3-4,6,8,15H2,1-2H3. The number of carbonyl (C=O) groups excluding carboxylic acids is 1. The van der Waals surface area contributed by atoms with Gasteiger partial charge in [-0.2, -0.15) is 0 Å². The molecule has 17 heavy (non-hydrogen) atoms. The molecule has 2 atom stereocenters. The van der Waals surface area contributed by atoms with Crippen molar-refractivity contribution >= 4 is 5.78 Å². The lowest BCUT2D eigenvalue weighted by atomic mass is 9.73. The Morgan fingerprint density at radius 3 is 3.00 bits per heavy atom. The SMILES string of the molecule is Cc1ccncc1C(=O)C1(N)CCCC(C)C1. The van der Waals surface area contributed by atoms with E-state index in [1.807, 2.05) is 13.0 Å². The summed E-state index contributed by atoms with van der Waals surface area (Å²) in [5.74, 6) is 0.601. The summed E-state index contributed by atoms with van der Waals surface area (Å²) in [6.45, 7) is 4.11. The molecule has 1 aliphatic carbocycles. The fourth-order valence-corrected chi connectivity index (χ4v) is 2.77. The minimum atomic E-state index is -0.675. The molecule has 2 N–H and O–H groups in total. The lowest BCUT2D eigenvalue weighted by Crippen LogP contribution is -2.51. The van der Waals surface area contributed by atoms with Crippen LogP contribution in [0.3, 0.4) is 0 Å². The third-order valence-electron chi connectivity index (χ3n) is 3.77. The van der Waals surface area contributed by atoms with E-state index in [9.17, 15) is 4.79 Å². The van der Waals surface area contributed by atoms with E-state index in [2.05, 4.69) is 11.9 Å². The van der Waals surface area contributed by atoms with E-state index < -0.39 is 5.54 Å². The van der Waals surface area contributed by atoms with Crippen LogP contribution in [0.5, 0.6) is 0 Å². The van der Waals surface area contributed by atoms with Crippen molar-refractivity contribution in [3.8, 4) is 0 Å². The molecule has 0 amide bonds. The molecule has 2 unspecified atom stereocenters. The summed E-state index contributed by atoms with van der Waals surface area (Å²) >= 11 is 0. The molecule has 0 saturated heterocycles. The molecule has 0 aromatic carbocycles. The fraction of sp³-hybridized carbons (Fsp3) is 0.571. The minimum Gasteiger partial charge on any atom is -0.319 e. The first-order valence-corrected chi connectivity index (χ1v) is 6.27. The zero-order valence-corrected chi connectivity index (χ0v) is 10.6. The Morgan fingerprint density at radius 1 is 1.59 bits per heavy atom. The lowest BCUT2D eigenvalue weighted by molar-refractivity contribution is 0.0818. The summed E-state index contributed by atoms with van der Waals surface area (Å²) in [4.78, 5) is 16.6. The van der Waals surface area contributed by atoms with Gasteiger partial charge in [-0.3, -0.25) is 9.78 Å². The van der Waals surface area contributed by atoms with Crippen molar-refractivity contribution in [1.29, 1.82) is 0 Å². The van der Waals surface area contributed by atoms with E-state index in [4.69, 9.17) is 5.73 Å². The van der Waals surface area contributed by atoms with Crippen molar-refractivity contribution in [2.45, 2.75) is 45.1 Å². The second-order valence-electron chi connectivity index (χ2n) is 5.38. The van der Waals surface area contributed by atoms with Crippen molar-refractivity contribution in [2.75, 3.05) is 0 Å². The molecule has 1 saturated carbocycles. The van der Waals surface area contributed by atoms with E-state index in [0.717, 1.165) is 24.8 Å². The lowest BCUT2D eigenvalue weighted by Gasteiger charge is -2.35. The van der Waals surface area contributed by atoms with Crippen LogP contribution in [0.2, 0.25) is 0 Å². The maximum atomic E-state index is 12.5. The predicted octanol–water partition coefficient (Wildman–Crippen LogP) is 2.48. The van der Waals surface area contributed by atoms with Gasteiger partial charge in [0.1, 0.15) is 0 Å². The van der Waals surface area contributed by atoms with Gasteiger partial charge in [0.25, 0.3) is 0 Å². The zero-order chi connectivity index (χ0) is 12.5. The molecule has 3 nitrogen and oxygen atoms in total. The van der Waals surface area contributed by atoms with Crippen LogP contribution < -0.4 is 5.73 Å². The van der Waals surface area contributed by atoms with Crippen LogP contribution in [-0.2, 0) is 0 Å². The van der Waals surface area contributed by atoms with E-state index in [0.29, 0.717) is 11.5 Å². The Morgan fingerprint density at radius 2 is 2.35 bits per heavy atom. The van der Waals surface area contributed by atoms with Gasteiger partial charge in [-0.05, 0) is 37.3 Å². The molecule has 0 radical (unpaired) electrons. The Balaban J connectivity index is 2.28. The molecule has 3 heteroatoms. The van der Waals surface area contributed by atoms with Gasteiger partial charge in [-0.25, -0.2) is 0 Å². The van der Waals surface area contributed by atoms with Crippen molar-refractivity contribution in [2.24, 2.45) is 11.7 Å². The number of hydrogen-bond acceptors (Lipinski definition) is 3. The van der Waals surface area contributed by atoms with Crippen molar-refractivity contribution in [3.05, 3.63) is 29.6 Å². The number of nitrogens with zero attached hydrogens (tertiary/aromatic N) is 1. The van der Waals surface area contributed by atoms with E-state index >= 15 is 0 Å². The minimum absolute atomic E-state index is 0.0645. The van der Waals surface area contributed by atoms with Crippen molar-refractivity contribution in [1.82, 2.24) is 4.98 Å². The first kappa shape index (κ1) is 12.2. The van der Waals surface area contributed by atoms with Crippen LogP contribution in [0, 0.1) is 12.8 Å². The van der Waals surface area contributed by atoms with Crippen molar-refractivity contribution in [3.63, 3.8) is 0 Å².